The predicted octanol–water partition coefficient (Wildman–Crippen LogP) is 7.19. The molecule has 1 aliphatic heterocycles. The Hall–Kier alpha value is -3.32. The summed E-state index contributed by atoms with van der Waals surface area (Å²) in [6, 6.07) is 30.3. The summed E-state index contributed by atoms with van der Waals surface area (Å²) in [6.45, 7) is 4.33. The SMILES string of the molecule is Cc1ccccc1-c1ccc2c(c1)-c1cc(-c3ccccc3C)ccc1[N]2. The summed E-state index contributed by atoms with van der Waals surface area (Å²) in [6.07, 6.45) is 0. The highest BCUT2D eigenvalue weighted by Gasteiger charge is 2.21. The molecular formula is C26H20N. The Labute approximate surface area is 160 Å². The lowest BCUT2D eigenvalue weighted by Gasteiger charge is -2.09. The lowest BCUT2D eigenvalue weighted by Crippen LogP contribution is -1.85. The van der Waals surface area contributed by atoms with Crippen molar-refractivity contribution in [2.75, 3.05) is 0 Å². The van der Waals surface area contributed by atoms with Crippen LogP contribution >= 0.6 is 0 Å². The Bertz CT molecular complexity index is 1080. The van der Waals surface area contributed by atoms with E-state index in [1.54, 1.807) is 0 Å². The van der Waals surface area contributed by atoms with Gasteiger partial charge < -0.3 is 0 Å². The van der Waals surface area contributed by atoms with Gasteiger partial charge in [-0.15, -0.1) is 0 Å². The fraction of sp³-hybridized carbons (Fsp3) is 0.0769. The van der Waals surface area contributed by atoms with Crippen LogP contribution in [0, 0.1) is 13.8 Å². The molecule has 0 N–H and O–H groups in total. The van der Waals surface area contributed by atoms with Crippen molar-refractivity contribution in [3.63, 3.8) is 0 Å². The number of nitrogens with zero attached hydrogens (tertiary/aromatic N) is 1. The third-order valence-electron chi connectivity index (χ3n) is 5.44. The van der Waals surface area contributed by atoms with Gasteiger partial charge in [-0.25, -0.2) is 5.32 Å². The summed E-state index contributed by atoms with van der Waals surface area (Å²) in [7, 11) is 0. The summed E-state index contributed by atoms with van der Waals surface area (Å²) < 4.78 is 0. The zero-order valence-electron chi connectivity index (χ0n) is 15.5. The molecule has 0 saturated heterocycles. The van der Waals surface area contributed by atoms with E-state index >= 15 is 0 Å². The Morgan fingerprint density at radius 3 is 1.37 bits per heavy atom. The Balaban J connectivity index is 1.65. The molecule has 5 rings (SSSR count). The Kier molecular flexibility index (Phi) is 3.61. The maximum absolute atomic E-state index is 4.83. The molecule has 0 aliphatic carbocycles. The van der Waals surface area contributed by atoms with Crippen molar-refractivity contribution in [1.82, 2.24) is 5.32 Å². The summed E-state index contributed by atoms with van der Waals surface area (Å²) in [5.74, 6) is 0. The van der Waals surface area contributed by atoms with Gasteiger partial charge in [0.15, 0.2) is 0 Å². The molecule has 0 atom stereocenters. The van der Waals surface area contributed by atoms with Crippen molar-refractivity contribution in [2.45, 2.75) is 13.8 Å². The second-order valence-electron chi connectivity index (χ2n) is 7.21. The number of hydrogen-bond acceptors (Lipinski definition) is 0. The number of fused-ring (bicyclic) bond motifs is 3. The predicted molar refractivity (Wildman–Crippen MR) is 114 cm³/mol. The van der Waals surface area contributed by atoms with Crippen LogP contribution in [0.5, 0.6) is 0 Å². The maximum Gasteiger partial charge on any atom is 0.0716 e. The molecule has 0 aromatic heterocycles. The van der Waals surface area contributed by atoms with E-state index in [2.05, 4.69) is 98.8 Å². The number of rotatable bonds is 2. The molecule has 1 aliphatic rings. The number of benzene rings is 4. The maximum atomic E-state index is 4.83. The van der Waals surface area contributed by atoms with Crippen molar-refractivity contribution in [3.05, 3.63) is 96.1 Å². The third kappa shape index (κ3) is 2.63. The van der Waals surface area contributed by atoms with Crippen LogP contribution in [0.3, 0.4) is 0 Å². The van der Waals surface area contributed by atoms with E-state index < -0.39 is 0 Å². The second kappa shape index (κ2) is 6.14. The highest BCUT2D eigenvalue weighted by Crippen LogP contribution is 2.46. The smallest absolute Gasteiger partial charge is 0.0716 e. The van der Waals surface area contributed by atoms with Gasteiger partial charge in [0.1, 0.15) is 0 Å². The van der Waals surface area contributed by atoms with Crippen molar-refractivity contribution >= 4 is 11.4 Å². The molecule has 0 saturated carbocycles. The monoisotopic (exact) mass is 346 g/mol. The molecule has 1 heteroatoms. The standard InChI is InChI=1S/C26H20N/c1-17-7-3-5-9-21(17)19-11-13-25-23(15-19)24-16-20(12-14-26(24)27-25)22-10-6-4-8-18(22)2/h3-16H,1-2H3. The van der Waals surface area contributed by atoms with Crippen molar-refractivity contribution in [2.24, 2.45) is 0 Å². The molecule has 1 heterocycles. The van der Waals surface area contributed by atoms with Crippen molar-refractivity contribution in [3.8, 4) is 33.4 Å². The van der Waals surface area contributed by atoms with Gasteiger partial charge in [-0.05, 0) is 71.5 Å². The zero-order valence-corrected chi connectivity index (χ0v) is 15.5. The average Bonchev–Trinajstić information content (AvgIpc) is 3.06. The highest BCUT2D eigenvalue weighted by atomic mass is 14.9. The fourth-order valence-electron chi connectivity index (χ4n) is 3.96. The van der Waals surface area contributed by atoms with Gasteiger partial charge in [0.05, 0.1) is 11.4 Å². The first kappa shape index (κ1) is 15.9. The molecule has 4 aromatic carbocycles. The van der Waals surface area contributed by atoms with E-state index in [-0.39, 0.29) is 0 Å². The minimum Gasteiger partial charge on any atom is -0.248 e. The summed E-state index contributed by atoms with van der Waals surface area (Å²) in [5, 5.41) is 4.83. The third-order valence-corrected chi connectivity index (χ3v) is 5.44. The van der Waals surface area contributed by atoms with Gasteiger partial charge in [0.25, 0.3) is 0 Å². The second-order valence-corrected chi connectivity index (χ2v) is 7.21. The van der Waals surface area contributed by atoms with Gasteiger partial charge in [0, 0.05) is 11.1 Å². The van der Waals surface area contributed by atoms with Gasteiger partial charge in [0.2, 0.25) is 0 Å². The summed E-state index contributed by atoms with van der Waals surface area (Å²) in [5.41, 5.74) is 12.2. The quantitative estimate of drug-likeness (QED) is 0.321. The first-order valence-corrected chi connectivity index (χ1v) is 9.33. The van der Waals surface area contributed by atoms with Crippen LogP contribution in [0.2, 0.25) is 0 Å². The molecular weight excluding hydrogens is 326 g/mol. The molecule has 1 radical (unpaired) electrons. The van der Waals surface area contributed by atoms with E-state index in [9.17, 15) is 0 Å². The molecule has 0 fully saturated rings. The molecule has 1 nitrogen and oxygen atoms in total. The molecule has 0 unspecified atom stereocenters. The molecule has 0 amide bonds. The van der Waals surface area contributed by atoms with Crippen molar-refractivity contribution in [1.29, 1.82) is 0 Å². The van der Waals surface area contributed by atoms with Gasteiger partial charge >= 0.3 is 0 Å². The molecule has 0 bridgehead atoms. The van der Waals surface area contributed by atoms with Crippen LogP contribution < -0.4 is 5.32 Å². The van der Waals surface area contributed by atoms with Crippen LogP contribution in [0.4, 0.5) is 11.4 Å². The highest BCUT2D eigenvalue weighted by molar-refractivity contribution is 5.95. The van der Waals surface area contributed by atoms with Crippen LogP contribution in [0.15, 0.2) is 84.9 Å². The topological polar surface area (TPSA) is 14.1 Å². The average molecular weight is 346 g/mol. The minimum absolute atomic E-state index is 1.06. The van der Waals surface area contributed by atoms with Gasteiger partial charge in [-0.1, -0.05) is 60.7 Å². The lowest BCUT2D eigenvalue weighted by atomic mass is 9.94. The molecule has 0 spiro atoms. The summed E-state index contributed by atoms with van der Waals surface area (Å²) in [4.78, 5) is 0. The Morgan fingerprint density at radius 1 is 0.481 bits per heavy atom. The van der Waals surface area contributed by atoms with Gasteiger partial charge in [-0.2, -0.15) is 0 Å². The number of aryl methyl sites for hydroxylation is 2. The van der Waals surface area contributed by atoms with Crippen LogP contribution in [0.1, 0.15) is 11.1 Å². The Morgan fingerprint density at radius 2 is 0.926 bits per heavy atom. The first-order chi connectivity index (χ1) is 13.2. The molecule has 4 aromatic rings. The molecule has 27 heavy (non-hydrogen) atoms. The van der Waals surface area contributed by atoms with Gasteiger partial charge in [-0.3, -0.25) is 0 Å². The summed E-state index contributed by atoms with van der Waals surface area (Å²) >= 11 is 0. The normalized spacial score (nSPS) is 11.6. The molecule has 129 valence electrons. The van der Waals surface area contributed by atoms with Crippen LogP contribution in [-0.2, 0) is 0 Å². The van der Waals surface area contributed by atoms with Crippen LogP contribution in [-0.4, -0.2) is 0 Å². The van der Waals surface area contributed by atoms with Crippen LogP contribution in [0.25, 0.3) is 33.4 Å². The van der Waals surface area contributed by atoms with E-state index in [0.717, 1.165) is 11.4 Å². The zero-order chi connectivity index (χ0) is 18.4. The minimum atomic E-state index is 1.06. The van der Waals surface area contributed by atoms with E-state index in [1.165, 1.54) is 44.5 Å². The van der Waals surface area contributed by atoms with E-state index in [1.807, 2.05) is 0 Å². The lowest BCUT2D eigenvalue weighted by molar-refractivity contribution is 1.24. The van der Waals surface area contributed by atoms with E-state index in [0.29, 0.717) is 0 Å². The van der Waals surface area contributed by atoms with Crippen molar-refractivity contribution < 1.29 is 0 Å². The van der Waals surface area contributed by atoms with E-state index in [4.69, 9.17) is 5.32 Å². The fourth-order valence-corrected chi connectivity index (χ4v) is 3.96. The largest absolute Gasteiger partial charge is 0.248 e. The first-order valence-electron chi connectivity index (χ1n) is 9.33. The number of hydrogen-bond donors (Lipinski definition) is 0.